The zero-order chi connectivity index (χ0) is 24.7. The number of aliphatic hydroxyl groups excluding tert-OH is 1. The average Bonchev–Trinajstić information content (AvgIpc) is 2.80. The molecule has 0 radical (unpaired) electrons. The molecule has 0 bridgehead atoms. The minimum Gasteiger partial charge on any atom is -0.493 e. The van der Waals surface area contributed by atoms with E-state index in [1.54, 1.807) is 17.0 Å². The summed E-state index contributed by atoms with van der Waals surface area (Å²) < 4.78 is 26.1. The SMILES string of the molecule is CC(C)(C)OC(=O)N1CCC(COc2ccc(C3=CCC(C(=O)NCCO)CC3)c(F)c2)CC1. The molecule has 1 aromatic rings. The molecule has 3 rings (SSSR count). The maximum absolute atomic E-state index is 14.8. The van der Waals surface area contributed by atoms with Crippen LogP contribution in [0.15, 0.2) is 24.3 Å². The third kappa shape index (κ3) is 7.45. The van der Waals surface area contributed by atoms with E-state index >= 15 is 0 Å². The lowest BCUT2D eigenvalue weighted by molar-refractivity contribution is -0.125. The molecule has 0 aromatic heterocycles. The number of allylic oxidation sites excluding steroid dienone is 2. The van der Waals surface area contributed by atoms with Gasteiger partial charge in [0, 0.05) is 37.2 Å². The molecule has 2 N–H and O–H groups in total. The molecule has 0 spiro atoms. The number of rotatable bonds is 7. The van der Waals surface area contributed by atoms with Gasteiger partial charge in [-0.1, -0.05) is 6.08 Å². The minimum absolute atomic E-state index is 0.0644. The molecule has 0 saturated carbocycles. The molecule has 1 heterocycles. The Bertz CT molecular complexity index is 888. The Morgan fingerprint density at radius 3 is 2.53 bits per heavy atom. The van der Waals surface area contributed by atoms with Crippen LogP contribution in [0, 0.1) is 17.7 Å². The van der Waals surface area contributed by atoms with Gasteiger partial charge in [-0.3, -0.25) is 4.79 Å². The highest BCUT2D eigenvalue weighted by molar-refractivity contribution is 5.80. The maximum atomic E-state index is 14.8. The first-order valence-corrected chi connectivity index (χ1v) is 12.1. The second-order valence-electron chi connectivity index (χ2n) is 10.1. The van der Waals surface area contributed by atoms with E-state index in [-0.39, 0.29) is 36.9 Å². The number of nitrogens with one attached hydrogen (secondary N) is 1. The van der Waals surface area contributed by atoms with Crippen molar-refractivity contribution in [1.29, 1.82) is 0 Å². The fraction of sp³-hybridized carbons (Fsp3) is 0.615. The first-order chi connectivity index (χ1) is 16.2. The van der Waals surface area contributed by atoms with Gasteiger partial charge in [0.15, 0.2) is 0 Å². The predicted octanol–water partition coefficient (Wildman–Crippen LogP) is 4.14. The Morgan fingerprint density at radius 1 is 1.21 bits per heavy atom. The molecule has 34 heavy (non-hydrogen) atoms. The zero-order valence-corrected chi connectivity index (χ0v) is 20.4. The standard InChI is InChI=1S/C26H37FN2O5/c1-26(2,3)34-25(32)29-13-10-18(11-14-29)17-33-21-8-9-22(23(27)16-21)19-4-6-20(7-5-19)24(31)28-12-15-30/h4,8-9,16,18,20,30H,5-7,10-15,17H2,1-3H3,(H,28,31). The molecule has 1 saturated heterocycles. The number of carbonyl (C=O) groups excluding carboxylic acids is 2. The average molecular weight is 477 g/mol. The van der Waals surface area contributed by atoms with Crippen LogP contribution in [0.5, 0.6) is 5.75 Å². The van der Waals surface area contributed by atoms with E-state index < -0.39 is 5.60 Å². The van der Waals surface area contributed by atoms with Crippen LogP contribution in [-0.4, -0.2) is 60.5 Å². The van der Waals surface area contributed by atoms with Gasteiger partial charge in [-0.15, -0.1) is 0 Å². The van der Waals surface area contributed by atoms with Crippen molar-refractivity contribution >= 4 is 17.6 Å². The summed E-state index contributed by atoms with van der Waals surface area (Å²) >= 11 is 0. The molecule has 1 atom stereocenters. The normalized spacial score (nSPS) is 19.4. The van der Waals surface area contributed by atoms with Crippen molar-refractivity contribution in [2.45, 2.75) is 58.5 Å². The topological polar surface area (TPSA) is 88.1 Å². The van der Waals surface area contributed by atoms with Crippen molar-refractivity contribution in [3.8, 4) is 5.75 Å². The van der Waals surface area contributed by atoms with Crippen LogP contribution < -0.4 is 10.1 Å². The quantitative estimate of drug-likeness (QED) is 0.618. The number of aliphatic hydroxyl groups is 1. The van der Waals surface area contributed by atoms with Crippen LogP contribution in [0.4, 0.5) is 9.18 Å². The van der Waals surface area contributed by atoms with Gasteiger partial charge in [-0.25, -0.2) is 9.18 Å². The number of amides is 2. The molecule has 1 fully saturated rings. The summed E-state index contributed by atoms with van der Waals surface area (Å²) in [6, 6.07) is 4.95. The molecule has 2 amide bonds. The van der Waals surface area contributed by atoms with Gasteiger partial charge in [-0.2, -0.15) is 0 Å². The molecule has 1 aliphatic carbocycles. The Kier molecular flexibility index (Phi) is 8.94. The predicted molar refractivity (Wildman–Crippen MR) is 128 cm³/mol. The van der Waals surface area contributed by atoms with Crippen molar-refractivity contribution in [3.63, 3.8) is 0 Å². The van der Waals surface area contributed by atoms with E-state index in [9.17, 15) is 14.0 Å². The Hall–Kier alpha value is -2.61. The van der Waals surface area contributed by atoms with Crippen LogP contribution in [0.25, 0.3) is 5.57 Å². The third-order valence-corrected chi connectivity index (χ3v) is 6.23. The Balaban J connectivity index is 1.47. The molecule has 7 nitrogen and oxygen atoms in total. The van der Waals surface area contributed by atoms with Gasteiger partial charge < -0.3 is 24.8 Å². The highest BCUT2D eigenvalue weighted by Gasteiger charge is 2.27. The number of ether oxygens (including phenoxy) is 2. The second kappa shape index (κ2) is 11.7. The lowest BCUT2D eigenvalue weighted by Gasteiger charge is -2.33. The van der Waals surface area contributed by atoms with Crippen molar-refractivity contribution < 1.29 is 28.6 Å². The van der Waals surface area contributed by atoms with Gasteiger partial charge in [-0.05, 0) is 76.5 Å². The molecular formula is C26H37FN2O5. The zero-order valence-electron chi connectivity index (χ0n) is 20.4. The first-order valence-electron chi connectivity index (χ1n) is 12.1. The van der Waals surface area contributed by atoms with Crippen molar-refractivity contribution in [1.82, 2.24) is 10.2 Å². The van der Waals surface area contributed by atoms with Crippen LogP contribution >= 0.6 is 0 Å². The van der Waals surface area contributed by atoms with Gasteiger partial charge >= 0.3 is 6.09 Å². The number of carbonyl (C=O) groups is 2. The van der Waals surface area contributed by atoms with Crippen molar-refractivity contribution in [2.75, 3.05) is 32.8 Å². The van der Waals surface area contributed by atoms with E-state index in [0.717, 1.165) is 18.4 Å². The minimum atomic E-state index is -0.502. The number of likely N-dealkylation sites (tertiary alicyclic amines) is 1. The highest BCUT2D eigenvalue weighted by Crippen LogP contribution is 2.33. The largest absolute Gasteiger partial charge is 0.493 e. The van der Waals surface area contributed by atoms with Gasteiger partial charge in [0.05, 0.1) is 13.2 Å². The molecule has 1 aromatic carbocycles. The van der Waals surface area contributed by atoms with E-state index in [1.165, 1.54) is 6.07 Å². The number of hydrogen-bond donors (Lipinski definition) is 2. The summed E-state index contributed by atoms with van der Waals surface area (Å²) in [4.78, 5) is 26.0. The van der Waals surface area contributed by atoms with Gasteiger partial charge in [0.1, 0.15) is 17.2 Å². The van der Waals surface area contributed by atoms with Crippen molar-refractivity contribution in [2.24, 2.45) is 11.8 Å². The monoisotopic (exact) mass is 476 g/mol. The van der Waals surface area contributed by atoms with Crippen LogP contribution in [0.1, 0.15) is 58.4 Å². The maximum Gasteiger partial charge on any atom is 0.410 e. The van der Waals surface area contributed by atoms with Gasteiger partial charge in [0.25, 0.3) is 0 Å². The summed E-state index contributed by atoms with van der Waals surface area (Å²) in [5.74, 6) is 0.268. The number of piperidine rings is 1. The molecule has 1 aliphatic heterocycles. The van der Waals surface area contributed by atoms with E-state index in [4.69, 9.17) is 14.6 Å². The van der Waals surface area contributed by atoms with E-state index in [2.05, 4.69) is 5.32 Å². The van der Waals surface area contributed by atoms with Crippen LogP contribution in [0.3, 0.4) is 0 Å². The Morgan fingerprint density at radius 2 is 1.94 bits per heavy atom. The van der Waals surface area contributed by atoms with E-state index in [0.29, 0.717) is 56.2 Å². The third-order valence-electron chi connectivity index (χ3n) is 6.23. The summed E-state index contributed by atoms with van der Waals surface area (Å²) in [7, 11) is 0. The van der Waals surface area contributed by atoms with Gasteiger partial charge in [0.2, 0.25) is 5.91 Å². The molecule has 8 heteroatoms. The summed E-state index contributed by atoms with van der Waals surface area (Å²) in [6.45, 7) is 7.49. The number of hydrogen-bond acceptors (Lipinski definition) is 5. The summed E-state index contributed by atoms with van der Waals surface area (Å²) in [5.41, 5.74) is 0.953. The van der Waals surface area contributed by atoms with Crippen molar-refractivity contribution in [3.05, 3.63) is 35.7 Å². The molecular weight excluding hydrogens is 439 g/mol. The lowest BCUT2D eigenvalue weighted by atomic mass is 9.86. The number of nitrogens with zero attached hydrogens (tertiary/aromatic N) is 1. The lowest BCUT2D eigenvalue weighted by Crippen LogP contribution is -2.42. The molecule has 1 unspecified atom stereocenters. The number of halogens is 1. The molecule has 188 valence electrons. The second-order valence-corrected chi connectivity index (χ2v) is 10.1. The summed E-state index contributed by atoms with van der Waals surface area (Å²) in [5, 5.41) is 11.5. The Labute approximate surface area is 201 Å². The molecule has 2 aliphatic rings. The van der Waals surface area contributed by atoms with Crippen LogP contribution in [0.2, 0.25) is 0 Å². The van der Waals surface area contributed by atoms with Crippen LogP contribution in [-0.2, 0) is 9.53 Å². The fourth-order valence-corrected chi connectivity index (χ4v) is 4.31. The highest BCUT2D eigenvalue weighted by atomic mass is 19.1. The number of benzene rings is 1. The van der Waals surface area contributed by atoms with E-state index in [1.807, 2.05) is 26.8 Å². The first kappa shape index (κ1) is 26.0. The summed E-state index contributed by atoms with van der Waals surface area (Å²) in [6.07, 6.45) is 5.14. The fourth-order valence-electron chi connectivity index (χ4n) is 4.31. The smallest absolute Gasteiger partial charge is 0.410 e.